The molecule has 0 aliphatic rings. The van der Waals surface area contributed by atoms with Crippen molar-refractivity contribution in [1.82, 2.24) is 24.5 Å². The predicted octanol–water partition coefficient (Wildman–Crippen LogP) is 5.56. The fourth-order valence-electron chi connectivity index (χ4n) is 4.20. The largest absolute Gasteiger partial charge is 0.450 e. The Morgan fingerprint density at radius 3 is 2.27 bits per heavy atom. The van der Waals surface area contributed by atoms with Gasteiger partial charge in [-0.15, -0.1) is 0 Å². The lowest BCUT2D eigenvalue weighted by molar-refractivity contribution is -0.147. The molecule has 0 fully saturated rings. The van der Waals surface area contributed by atoms with Crippen LogP contribution >= 0.6 is 0 Å². The summed E-state index contributed by atoms with van der Waals surface area (Å²) in [4.78, 5) is 40.1. The van der Waals surface area contributed by atoms with Gasteiger partial charge in [-0.2, -0.15) is 5.10 Å². The summed E-state index contributed by atoms with van der Waals surface area (Å²) in [7, 11) is -4.09. The predicted molar refractivity (Wildman–Crippen MR) is 168 cm³/mol. The Labute approximate surface area is 263 Å². The molecule has 0 saturated heterocycles. The van der Waals surface area contributed by atoms with Crippen LogP contribution in [0.1, 0.15) is 65.3 Å². The first kappa shape index (κ1) is 33.3. The fraction of sp³-hybridized carbons (Fsp3) is 0.344. The van der Waals surface area contributed by atoms with E-state index in [-0.39, 0.29) is 29.4 Å². The summed E-state index contributed by atoms with van der Waals surface area (Å²) in [6, 6.07) is 17.7. The number of hydrogen-bond donors (Lipinski definition) is 1. The van der Waals surface area contributed by atoms with Gasteiger partial charge in [-0.1, -0.05) is 50.1 Å². The minimum Gasteiger partial charge on any atom is -0.441 e. The SMILES string of the molecule is CC(C)(C)CC(=O)ON(C(=O)OC(C)(C)C)c1cccc(C(Cc2ccc(-n3cccn3)cc2)NS(=O)(=O)c2ccccn2)n1. The van der Waals surface area contributed by atoms with E-state index in [9.17, 15) is 18.0 Å². The van der Waals surface area contributed by atoms with E-state index >= 15 is 0 Å². The molecule has 3 aromatic heterocycles. The van der Waals surface area contributed by atoms with Crippen LogP contribution in [-0.2, 0) is 30.8 Å². The van der Waals surface area contributed by atoms with Gasteiger partial charge in [0.2, 0.25) is 0 Å². The zero-order valence-corrected chi connectivity index (χ0v) is 27.0. The molecule has 0 bridgehead atoms. The number of carbonyl (C=O) groups is 2. The van der Waals surface area contributed by atoms with Gasteiger partial charge in [-0.3, -0.25) is 0 Å². The van der Waals surface area contributed by atoms with Gasteiger partial charge < -0.3 is 9.57 Å². The van der Waals surface area contributed by atoms with E-state index in [1.807, 2.05) is 57.3 Å². The number of sulfonamides is 1. The Morgan fingerprint density at radius 1 is 0.933 bits per heavy atom. The number of hydroxylamine groups is 1. The zero-order chi connectivity index (χ0) is 32.8. The summed E-state index contributed by atoms with van der Waals surface area (Å²) in [6.07, 6.45) is 4.15. The maximum absolute atomic E-state index is 13.4. The third-order valence-electron chi connectivity index (χ3n) is 6.10. The Morgan fingerprint density at radius 2 is 1.67 bits per heavy atom. The number of rotatable bonds is 9. The standard InChI is InChI=1S/C32H38N6O6S/c1-31(2,3)22-29(39)44-38(30(40)43-32(4,5)6)27-12-9-11-25(35-27)26(36-45(41,42)28-13-7-8-18-33-28)21-23-14-16-24(17-15-23)37-20-10-19-34-37/h7-20,26,36H,21-22H2,1-6H3. The molecule has 4 rings (SSSR count). The summed E-state index contributed by atoms with van der Waals surface area (Å²) < 4.78 is 36.7. The highest BCUT2D eigenvalue weighted by Gasteiger charge is 2.31. The number of carbonyl (C=O) groups excluding carboxylic acids is 2. The summed E-state index contributed by atoms with van der Waals surface area (Å²) in [5.41, 5.74) is 0.593. The monoisotopic (exact) mass is 634 g/mol. The van der Waals surface area contributed by atoms with Crippen LogP contribution in [0.15, 0.2) is 90.3 Å². The number of nitrogens with zero attached hydrogens (tertiary/aromatic N) is 5. The summed E-state index contributed by atoms with van der Waals surface area (Å²) in [5.74, 6) is -0.717. The first-order chi connectivity index (χ1) is 21.1. The van der Waals surface area contributed by atoms with Crippen LogP contribution in [0.25, 0.3) is 5.69 Å². The maximum atomic E-state index is 13.4. The minimum atomic E-state index is -4.09. The molecule has 238 valence electrons. The second-order valence-corrected chi connectivity index (χ2v) is 14.2. The number of pyridine rings is 2. The normalized spacial score (nSPS) is 12.8. The molecule has 0 saturated carbocycles. The van der Waals surface area contributed by atoms with E-state index in [2.05, 4.69) is 19.8 Å². The van der Waals surface area contributed by atoms with Crippen LogP contribution in [0, 0.1) is 5.41 Å². The molecule has 1 aromatic carbocycles. The van der Waals surface area contributed by atoms with E-state index in [0.29, 0.717) is 5.06 Å². The third-order valence-corrected chi connectivity index (χ3v) is 7.49. The molecule has 1 unspecified atom stereocenters. The molecule has 1 atom stereocenters. The molecule has 12 nitrogen and oxygen atoms in total. The van der Waals surface area contributed by atoms with E-state index < -0.39 is 39.1 Å². The van der Waals surface area contributed by atoms with Crippen molar-refractivity contribution < 1.29 is 27.6 Å². The summed E-state index contributed by atoms with van der Waals surface area (Å²) >= 11 is 0. The van der Waals surface area contributed by atoms with Crippen LogP contribution < -0.4 is 9.79 Å². The Balaban J connectivity index is 1.71. The summed E-state index contributed by atoms with van der Waals surface area (Å²) in [5, 5.41) is 4.78. The van der Waals surface area contributed by atoms with Gasteiger partial charge in [0.05, 0.1) is 23.8 Å². The van der Waals surface area contributed by atoms with E-state index in [1.165, 1.54) is 18.3 Å². The van der Waals surface area contributed by atoms with Gasteiger partial charge in [0.1, 0.15) is 5.60 Å². The number of ether oxygens (including phenoxy) is 1. The minimum absolute atomic E-state index is 0.0208. The number of amides is 1. The number of anilines is 1. The van der Waals surface area contributed by atoms with Crippen molar-refractivity contribution in [2.75, 3.05) is 5.06 Å². The van der Waals surface area contributed by atoms with Crippen LogP contribution in [0.5, 0.6) is 0 Å². The average Bonchev–Trinajstić information content (AvgIpc) is 3.50. The van der Waals surface area contributed by atoms with Gasteiger partial charge in [0.25, 0.3) is 10.0 Å². The Kier molecular flexibility index (Phi) is 10.0. The molecule has 4 aromatic rings. The lowest BCUT2D eigenvalue weighted by Crippen LogP contribution is -2.40. The highest BCUT2D eigenvalue weighted by Crippen LogP contribution is 2.26. The van der Waals surface area contributed by atoms with Crippen LogP contribution in [0.2, 0.25) is 0 Å². The van der Waals surface area contributed by atoms with Crippen LogP contribution in [0.4, 0.5) is 10.6 Å². The molecule has 0 aliphatic carbocycles. The Bertz CT molecular complexity index is 1700. The first-order valence-corrected chi connectivity index (χ1v) is 15.8. The van der Waals surface area contributed by atoms with E-state index in [0.717, 1.165) is 11.3 Å². The lowest BCUT2D eigenvalue weighted by Gasteiger charge is -2.27. The van der Waals surface area contributed by atoms with Gasteiger partial charge >= 0.3 is 12.1 Å². The van der Waals surface area contributed by atoms with Crippen LogP contribution in [-0.4, -0.2) is 45.8 Å². The molecule has 0 radical (unpaired) electrons. The van der Waals surface area contributed by atoms with Gasteiger partial charge in [0, 0.05) is 18.6 Å². The number of aromatic nitrogens is 4. The highest BCUT2D eigenvalue weighted by atomic mass is 32.2. The van der Waals surface area contributed by atoms with Crippen molar-refractivity contribution in [3.63, 3.8) is 0 Å². The average molecular weight is 635 g/mol. The molecule has 1 amide bonds. The molecule has 3 heterocycles. The van der Waals surface area contributed by atoms with Crippen molar-refractivity contribution in [2.45, 2.75) is 71.1 Å². The molecule has 0 aliphatic heterocycles. The molecule has 13 heteroatoms. The second kappa shape index (κ2) is 13.6. The molecule has 45 heavy (non-hydrogen) atoms. The van der Waals surface area contributed by atoms with Gasteiger partial charge in [-0.25, -0.2) is 37.4 Å². The summed E-state index contributed by atoms with van der Waals surface area (Å²) in [6.45, 7) is 10.7. The second-order valence-electron chi connectivity index (χ2n) is 12.6. The first-order valence-electron chi connectivity index (χ1n) is 14.3. The molecule has 0 spiro atoms. The topological polar surface area (TPSA) is 146 Å². The quantitative estimate of drug-likeness (QED) is 0.234. The van der Waals surface area contributed by atoms with Crippen molar-refractivity contribution >= 4 is 27.9 Å². The van der Waals surface area contributed by atoms with Crippen molar-refractivity contribution in [1.29, 1.82) is 0 Å². The zero-order valence-electron chi connectivity index (χ0n) is 26.2. The van der Waals surface area contributed by atoms with Crippen molar-refractivity contribution in [3.8, 4) is 5.69 Å². The van der Waals surface area contributed by atoms with Gasteiger partial charge in [-0.05, 0) is 80.6 Å². The number of hydrogen-bond acceptors (Lipinski definition) is 9. The van der Waals surface area contributed by atoms with Gasteiger partial charge in [0.15, 0.2) is 10.8 Å². The smallest absolute Gasteiger partial charge is 0.441 e. The number of benzene rings is 1. The van der Waals surface area contributed by atoms with E-state index in [4.69, 9.17) is 9.57 Å². The van der Waals surface area contributed by atoms with E-state index in [1.54, 1.807) is 55.9 Å². The maximum Gasteiger partial charge on any atom is 0.450 e. The molecule has 1 N–H and O–H groups in total. The van der Waals surface area contributed by atoms with Crippen molar-refractivity contribution in [2.24, 2.45) is 5.41 Å². The fourth-order valence-corrected chi connectivity index (χ4v) is 5.35. The third kappa shape index (κ3) is 9.68. The molecular weight excluding hydrogens is 596 g/mol. The van der Waals surface area contributed by atoms with Crippen LogP contribution in [0.3, 0.4) is 0 Å². The molecular formula is C32H38N6O6S. The van der Waals surface area contributed by atoms with Crippen molar-refractivity contribution in [3.05, 3.63) is 96.6 Å². The highest BCUT2D eigenvalue weighted by molar-refractivity contribution is 7.89. The Hall–Kier alpha value is -4.62. The lowest BCUT2D eigenvalue weighted by atomic mass is 9.93. The number of nitrogens with one attached hydrogen (secondary N) is 1.